The number of carboxylic acid groups (broad SMARTS) is 1. The van der Waals surface area contributed by atoms with Crippen LogP contribution in [0.3, 0.4) is 0 Å². The molecule has 1 N–H and O–H groups in total. The zero-order valence-corrected chi connectivity index (χ0v) is 15.5. The van der Waals surface area contributed by atoms with E-state index in [9.17, 15) is 9.59 Å². The first-order valence-electron chi connectivity index (χ1n) is 8.26. The van der Waals surface area contributed by atoms with Gasteiger partial charge in [-0.25, -0.2) is 0 Å². The van der Waals surface area contributed by atoms with Gasteiger partial charge in [0, 0.05) is 18.0 Å². The van der Waals surface area contributed by atoms with Gasteiger partial charge < -0.3 is 10.0 Å². The number of benzene rings is 2. The summed E-state index contributed by atoms with van der Waals surface area (Å²) in [5.74, 6) is -0.967. The molecule has 0 aliphatic heterocycles. The molecule has 1 unspecified atom stereocenters. The predicted octanol–water partition coefficient (Wildman–Crippen LogP) is 4.22. The standard InChI is InChI=1S/C20H23NO3S/c1-4-21(13-16-10-6-5-9-14(16)2)19(22)17-11-7-8-12-18(17)25-15(3)20(23)24/h5-12,15H,4,13H2,1-3H3,(H,23,24). The molecule has 0 fully saturated rings. The van der Waals surface area contributed by atoms with E-state index in [0.717, 1.165) is 11.1 Å². The van der Waals surface area contributed by atoms with Crippen LogP contribution in [-0.2, 0) is 11.3 Å². The fourth-order valence-electron chi connectivity index (χ4n) is 2.48. The lowest BCUT2D eigenvalue weighted by molar-refractivity contribution is -0.136. The molecule has 2 aromatic carbocycles. The summed E-state index contributed by atoms with van der Waals surface area (Å²) in [5.41, 5.74) is 2.81. The monoisotopic (exact) mass is 357 g/mol. The summed E-state index contributed by atoms with van der Waals surface area (Å²) in [6, 6.07) is 15.2. The quantitative estimate of drug-likeness (QED) is 0.754. The SMILES string of the molecule is CCN(Cc1ccccc1C)C(=O)c1ccccc1SC(C)C(=O)O. The number of carboxylic acids is 1. The van der Waals surface area contributed by atoms with E-state index in [1.54, 1.807) is 24.0 Å². The minimum absolute atomic E-state index is 0.0774. The Labute approximate surface area is 152 Å². The third-order valence-electron chi connectivity index (χ3n) is 4.06. The van der Waals surface area contributed by atoms with E-state index in [4.69, 9.17) is 5.11 Å². The maximum Gasteiger partial charge on any atom is 0.316 e. The summed E-state index contributed by atoms with van der Waals surface area (Å²) < 4.78 is 0. The Morgan fingerprint density at radius 2 is 1.76 bits per heavy atom. The predicted molar refractivity (Wildman–Crippen MR) is 101 cm³/mol. The van der Waals surface area contributed by atoms with Crippen molar-refractivity contribution in [2.75, 3.05) is 6.54 Å². The van der Waals surface area contributed by atoms with Crippen LogP contribution in [0.15, 0.2) is 53.4 Å². The number of rotatable bonds is 7. The molecule has 0 aliphatic rings. The average molecular weight is 357 g/mol. The third-order valence-corrected chi connectivity index (χ3v) is 5.23. The average Bonchev–Trinajstić information content (AvgIpc) is 2.61. The van der Waals surface area contributed by atoms with Gasteiger partial charge in [-0.2, -0.15) is 0 Å². The molecule has 1 atom stereocenters. The highest BCUT2D eigenvalue weighted by atomic mass is 32.2. The van der Waals surface area contributed by atoms with Crippen LogP contribution in [0.5, 0.6) is 0 Å². The topological polar surface area (TPSA) is 57.6 Å². The van der Waals surface area contributed by atoms with Crippen LogP contribution in [0.2, 0.25) is 0 Å². The van der Waals surface area contributed by atoms with Crippen molar-refractivity contribution in [2.45, 2.75) is 37.5 Å². The first-order valence-corrected chi connectivity index (χ1v) is 9.14. The van der Waals surface area contributed by atoms with E-state index in [1.807, 2.05) is 50.2 Å². The van der Waals surface area contributed by atoms with Crippen LogP contribution in [0, 0.1) is 6.92 Å². The van der Waals surface area contributed by atoms with Gasteiger partial charge in [0.1, 0.15) is 5.25 Å². The van der Waals surface area contributed by atoms with Gasteiger partial charge in [0.15, 0.2) is 0 Å². The van der Waals surface area contributed by atoms with Gasteiger partial charge in [-0.3, -0.25) is 9.59 Å². The summed E-state index contributed by atoms with van der Waals surface area (Å²) >= 11 is 1.20. The number of hydrogen-bond acceptors (Lipinski definition) is 3. The molecule has 5 heteroatoms. The number of carbonyl (C=O) groups excluding carboxylic acids is 1. The number of aryl methyl sites for hydroxylation is 1. The molecule has 2 rings (SSSR count). The molecule has 25 heavy (non-hydrogen) atoms. The van der Waals surface area contributed by atoms with Crippen molar-refractivity contribution < 1.29 is 14.7 Å². The van der Waals surface area contributed by atoms with Gasteiger partial charge >= 0.3 is 5.97 Å². The Hall–Kier alpha value is -2.27. The minimum atomic E-state index is -0.889. The molecule has 0 bridgehead atoms. The number of aliphatic carboxylic acids is 1. The van der Waals surface area contributed by atoms with Gasteiger partial charge in [-0.15, -0.1) is 11.8 Å². The summed E-state index contributed by atoms with van der Waals surface area (Å²) in [6.07, 6.45) is 0. The van der Waals surface area contributed by atoms with Crippen LogP contribution in [0.4, 0.5) is 0 Å². The second-order valence-electron chi connectivity index (χ2n) is 5.84. The largest absolute Gasteiger partial charge is 0.480 e. The van der Waals surface area contributed by atoms with Crippen LogP contribution in [0.25, 0.3) is 0 Å². The lowest BCUT2D eigenvalue weighted by Crippen LogP contribution is -2.31. The van der Waals surface area contributed by atoms with Gasteiger partial charge in [0.2, 0.25) is 0 Å². The second-order valence-corrected chi connectivity index (χ2v) is 7.22. The van der Waals surface area contributed by atoms with Crippen LogP contribution < -0.4 is 0 Å². The third kappa shape index (κ3) is 4.86. The summed E-state index contributed by atoms with van der Waals surface area (Å²) in [5, 5.41) is 8.53. The van der Waals surface area contributed by atoms with E-state index in [1.165, 1.54) is 11.8 Å². The lowest BCUT2D eigenvalue weighted by atomic mass is 10.1. The van der Waals surface area contributed by atoms with Crippen molar-refractivity contribution in [1.29, 1.82) is 0 Å². The lowest BCUT2D eigenvalue weighted by Gasteiger charge is -2.23. The molecule has 0 spiro atoms. The van der Waals surface area contributed by atoms with Crippen molar-refractivity contribution in [3.05, 3.63) is 65.2 Å². The molecular formula is C20H23NO3S. The highest BCUT2D eigenvalue weighted by Crippen LogP contribution is 2.28. The molecule has 0 heterocycles. The van der Waals surface area contributed by atoms with E-state index in [0.29, 0.717) is 23.5 Å². The first kappa shape index (κ1) is 19.1. The molecule has 0 aromatic heterocycles. The fraction of sp³-hybridized carbons (Fsp3) is 0.300. The maximum absolute atomic E-state index is 13.0. The van der Waals surface area contributed by atoms with Gasteiger partial charge in [0.05, 0.1) is 5.56 Å². The number of amides is 1. The fourth-order valence-corrected chi connectivity index (χ4v) is 3.40. The summed E-state index contributed by atoms with van der Waals surface area (Å²) in [6.45, 7) is 6.73. The molecule has 1 amide bonds. The Balaban J connectivity index is 2.26. The van der Waals surface area contributed by atoms with Crippen LogP contribution in [-0.4, -0.2) is 33.7 Å². The van der Waals surface area contributed by atoms with E-state index in [-0.39, 0.29) is 5.91 Å². The zero-order chi connectivity index (χ0) is 18.4. The normalized spacial score (nSPS) is 11.8. The van der Waals surface area contributed by atoms with Gasteiger partial charge in [-0.1, -0.05) is 36.4 Å². The molecular weight excluding hydrogens is 334 g/mol. The minimum Gasteiger partial charge on any atom is -0.480 e. The van der Waals surface area contributed by atoms with E-state index < -0.39 is 11.2 Å². The maximum atomic E-state index is 13.0. The van der Waals surface area contributed by atoms with E-state index in [2.05, 4.69) is 0 Å². The Morgan fingerprint density at radius 1 is 1.12 bits per heavy atom. The number of hydrogen-bond donors (Lipinski definition) is 1. The highest BCUT2D eigenvalue weighted by molar-refractivity contribution is 8.00. The molecule has 4 nitrogen and oxygen atoms in total. The molecule has 0 saturated heterocycles. The zero-order valence-electron chi connectivity index (χ0n) is 14.7. The van der Waals surface area contributed by atoms with Crippen molar-refractivity contribution >= 4 is 23.6 Å². The first-order chi connectivity index (χ1) is 11.9. The molecule has 0 aliphatic carbocycles. The summed E-state index contributed by atoms with van der Waals surface area (Å²) in [7, 11) is 0. The van der Waals surface area contributed by atoms with Gasteiger partial charge in [-0.05, 0) is 44.0 Å². The second kappa shape index (κ2) is 8.72. The summed E-state index contributed by atoms with van der Waals surface area (Å²) in [4.78, 5) is 26.7. The van der Waals surface area contributed by atoms with Crippen LogP contribution >= 0.6 is 11.8 Å². The molecule has 132 valence electrons. The van der Waals surface area contributed by atoms with Crippen molar-refractivity contribution in [2.24, 2.45) is 0 Å². The Morgan fingerprint density at radius 3 is 2.40 bits per heavy atom. The van der Waals surface area contributed by atoms with Crippen LogP contribution in [0.1, 0.15) is 35.3 Å². The van der Waals surface area contributed by atoms with Crippen molar-refractivity contribution in [3.63, 3.8) is 0 Å². The van der Waals surface area contributed by atoms with E-state index >= 15 is 0 Å². The molecule has 0 radical (unpaired) electrons. The Bertz CT molecular complexity index is 760. The number of thioether (sulfide) groups is 1. The molecule has 0 saturated carbocycles. The molecule has 2 aromatic rings. The van der Waals surface area contributed by atoms with Crippen molar-refractivity contribution in [1.82, 2.24) is 4.90 Å². The number of carbonyl (C=O) groups is 2. The number of nitrogens with zero attached hydrogens (tertiary/aromatic N) is 1. The van der Waals surface area contributed by atoms with Gasteiger partial charge in [0.25, 0.3) is 5.91 Å². The van der Waals surface area contributed by atoms with Crippen molar-refractivity contribution in [3.8, 4) is 0 Å². The highest BCUT2D eigenvalue weighted by Gasteiger charge is 2.21. The Kier molecular flexibility index (Phi) is 6.65. The smallest absolute Gasteiger partial charge is 0.316 e.